The summed E-state index contributed by atoms with van der Waals surface area (Å²) < 4.78 is 22.6. The van der Waals surface area contributed by atoms with Crippen LogP contribution >= 0.6 is 0 Å². The SMILES string of the molecule is COc1ccc(OCCC2CCCN(C(=O)OC(C)(C)C)C2)cc1CNC(=O)[C@H](CCc1ccccc1)NC(=O)OCc1ccccc1. The largest absolute Gasteiger partial charge is 0.496 e. The lowest BCUT2D eigenvalue weighted by atomic mass is 9.95. The molecule has 10 nitrogen and oxygen atoms in total. The standard InChI is InChI=1S/C38H49N3O7/c1-38(2,3)48-37(44)41-22-11-16-29(26-41)21-23-46-32-18-20-34(45-4)31(24-32)25-39-35(42)33(19-17-28-12-7-5-8-13-28)40-36(43)47-27-30-14-9-6-10-15-30/h5-10,12-15,18,20,24,29,33H,11,16-17,19,21-23,25-27H2,1-4H3,(H,39,42)(H,40,43)/t29?,33-/m0/s1. The molecule has 2 atom stereocenters. The van der Waals surface area contributed by atoms with Crippen LogP contribution in [-0.2, 0) is 33.8 Å². The van der Waals surface area contributed by atoms with Gasteiger partial charge in [0, 0.05) is 25.2 Å². The quantitative estimate of drug-likeness (QED) is 0.199. The molecule has 0 bridgehead atoms. The molecule has 2 N–H and O–H groups in total. The van der Waals surface area contributed by atoms with Crippen LogP contribution in [-0.4, -0.2) is 61.4 Å². The first-order valence-electron chi connectivity index (χ1n) is 16.7. The van der Waals surface area contributed by atoms with Gasteiger partial charge in [0.2, 0.25) is 5.91 Å². The molecule has 3 aromatic rings. The van der Waals surface area contributed by atoms with E-state index in [1.165, 1.54) is 0 Å². The van der Waals surface area contributed by atoms with Crippen molar-refractivity contribution in [3.63, 3.8) is 0 Å². The molecule has 1 heterocycles. The number of rotatable bonds is 14. The number of alkyl carbamates (subject to hydrolysis) is 1. The highest BCUT2D eigenvalue weighted by molar-refractivity contribution is 5.85. The lowest BCUT2D eigenvalue weighted by Gasteiger charge is -2.34. The molecule has 1 fully saturated rings. The van der Waals surface area contributed by atoms with Crippen molar-refractivity contribution in [1.29, 1.82) is 0 Å². The summed E-state index contributed by atoms with van der Waals surface area (Å²) in [7, 11) is 1.58. The Morgan fingerprint density at radius 1 is 0.958 bits per heavy atom. The molecule has 0 aromatic heterocycles. The van der Waals surface area contributed by atoms with Gasteiger partial charge in [-0.15, -0.1) is 0 Å². The Bertz CT molecular complexity index is 1460. The zero-order valence-electron chi connectivity index (χ0n) is 28.5. The van der Waals surface area contributed by atoms with Gasteiger partial charge in [0.15, 0.2) is 0 Å². The summed E-state index contributed by atoms with van der Waals surface area (Å²) in [6.45, 7) is 7.75. The van der Waals surface area contributed by atoms with Crippen LogP contribution in [0.5, 0.6) is 11.5 Å². The molecular formula is C38H49N3O7. The third-order valence-electron chi connectivity index (χ3n) is 8.06. The van der Waals surface area contributed by atoms with Gasteiger partial charge in [0.1, 0.15) is 29.7 Å². The van der Waals surface area contributed by atoms with Gasteiger partial charge in [-0.2, -0.15) is 0 Å². The molecule has 48 heavy (non-hydrogen) atoms. The van der Waals surface area contributed by atoms with Crippen molar-refractivity contribution in [3.05, 3.63) is 95.6 Å². The Hall–Kier alpha value is -4.73. The lowest BCUT2D eigenvalue weighted by Crippen LogP contribution is -2.47. The number of amides is 3. The number of nitrogens with zero attached hydrogens (tertiary/aromatic N) is 1. The van der Waals surface area contributed by atoms with E-state index in [2.05, 4.69) is 10.6 Å². The Balaban J connectivity index is 1.32. The molecule has 0 saturated carbocycles. The lowest BCUT2D eigenvalue weighted by molar-refractivity contribution is -0.123. The number of benzene rings is 3. The Kier molecular flexibility index (Phi) is 13.5. The minimum atomic E-state index is -0.811. The van der Waals surface area contributed by atoms with Crippen molar-refractivity contribution < 1.29 is 33.3 Å². The highest BCUT2D eigenvalue weighted by atomic mass is 16.6. The van der Waals surface area contributed by atoms with E-state index in [1.54, 1.807) is 12.0 Å². The Morgan fingerprint density at radius 2 is 1.67 bits per heavy atom. The van der Waals surface area contributed by atoms with Crippen LogP contribution in [0.1, 0.15) is 63.1 Å². The second kappa shape index (κ2) is 18.0. The monoisotopic (exact) mass is 659 g/mol. The van der Waals surface area contributed by atoms with Gasteiger partial charge in [-0.1, -0.05) is 60.7 Å². The minimum absolute atomic E-state index is 0.104. The average molecular weight is 660 g/mol. The van der Waals surface area contributed by atoms with Crippen LogP contribution in [0.25, 0.3) is 0 Å². The predicted octanol–water partition coefficient (Wildman–Crippen LogP) is 6.66. The maximum atomic E-state index is 13.4. The maximum absolute atomic E-state index is 13.4. The number of methoxy groups -OCH3 is 1. The van der Waals surface area contributed by atoms with Crippen LogP contribution in [0.3, 0.4) is 0 Å². The minimum Gasteiger partial charge on any atom is -0.496 e. The van der Waals surface area contributed by atoms with Crippen LogP contribution in [0.2, 0.25) is 0 Å². The van der Waals surface area contributed by atoms with Crippen LogP contribution in [0.4, 0.5) is 9.59 Å². The zero-order chi connectivity index (χ0) is 34.4. The fraction of sp³-hybridized carbons (Fsp3) is 0.447. The molecule has 258 valence electrons. The van der Waals surface area contributed by atoms with Crippen LogP contribution in [0.15, 0.2) is 78.9 Å². The third-order valence-corrected chi connectivity index (χ3v) is 8.06. The molecule has 10 heteroatoms. The molecule has 1 unspecified atom stereocenters. The smallest absolute Gasteiger partial charge is 0.410 e. The number of aryl methyl sites for hydroxylation is 1. The molecule has 1 saturated heterocycles. The number of nitrogens with one attached hydrogen (secondary N) is 2. The van der Waals surface area contributed by atoms with Gasteiger partial charge in [-0.05, 0) is 88.1 Å². The van der Waals surface area contributed by atoms with Gasteiger partial charge in [-0.25, -0.2) is 9.59 Å². The molecule has 0 spiro atoms. The second-order valence-corrected chi connectivity index (χ2v) is 13.0. The Morgan fingerprint density at radius 3 is 2.35 bits per heavy atom. The molecule has 0 aliphatic carbocycles. The molecular weight excluding hydrogens is 610 g/mol. The molecule has 3 aromatic carbocycles. The highest BCUT2D eigenvalue weighted by Gasteiger charge is 2.28. The number of hydrogen-bond donors (Lipinski definition) is 2. The fourth-order valence-corrected chi connectivity index (χ4v) is 5.56. The van der Waals surface area contributed by atoms with Gasteiger partial charge in [0.05, 0.1) is 13.7 Å². The summed E-state index contributed by atoms with van der Waals surface area (Å²) in [6, 6.07) is 23.9. The van der Waals surface area contributed by atoms with E-state index in [-0.39, 0.29) is 25.2 Å². The van der Waals surface area contributed by atoms with E-state index < -0.39 is 17.7 Å². The molecule has 4 rings (SSSR count). The van der Waals surface area contributed by atoms with Crippen molar-refractivity contribution in [2.45, 2.75) is 77.7 Å². The van der Waals surface area contributed by atoms with Crippen molar-refractivity contribution >= 4 is 18.1 Å². The van der Waals surface area contributed by atoms with Gasteiger partial charge in [-0.3, -0.25) is 4.79 Å². The molecule has 3 amide bonds. The number of ether oxygens (including phenoxy) is 4. The first-order chi connectivity index (χ1) is 23.1. The van der Waals surface area contributed by atoms with Gasteiger partial charge < -0.3 is 34.5 Å². The number of carbonyl (C=O) groups excluding carboxylic acids is 3. The molecule has 1 aliphatic heterocycles. The summed E-state index contributed by atoms with van der Waals surface area (Å²) in [5.41, 5.74) is 2.14. The van der Waals surface area contributed by atoms with Crippen molar-refractivity contribution in [2.24, 2.45) is 5.92 Å². The van der Waals surface area contributed by atoms with E-state index in [0.29, 0.717) is 50.0 Å². The molecule has 1 aliphatic rings. The number of likely N-dealkylation sites (tertiary alicyclic amines) is 1. The normalized spacial score (nSPS) is 15.2. The summed E-state index contributed by atoms with van der Waals surface area (Å²) in [5.74, 6) is 1.26. The maximum Gasteiger partial charge on any atom is 0.410 e. The van der Waals surface area contributed by atoms with Gasteiger partial charge >= 0.3 is 12.2 Å². The topological polar surface area (TPSA) is 115 Å². The molecule has 0 radical (unpaired) electrons. The first-order valence-corrected chi connectivity index (χ1v) is 16.7. The number of hydrogen-bond acceptors (Lipinski definition) is 7. The van der Waals surface area contributed by atoms with E-state index in [9.17, 15) is 14.4 Å². The number of carbonyl (C=O) groups is 3. The fourth-order valence-electron chi connectivity index (χ4n) is 5.56. The Labute approximate surface area is 284 Å². The first kappa shape index (κ1) is 36.1. The summed E-state index contributed by atoms with van der Waals surface area (Å²) >= 11 is 0. The van der Waals surface area contributed by atoms with Crippen LogP contribution in [0, 0.1) is 5.92 Å². The summed E-state index contributed by atoms with van der Waals surface area (Å²) in [4.78, 5) is 40.5. The van der Waals surface area contributed by atoms with E-state index >= 15 is 0 Å². The second-order valence-electron chi connectivity index (χ2n) is 13.0. The number of piperidine rings is 1. The zero-order valence-corrected chi connectivity index (χ0v) is 28.5. The van der Waals surface area contributed by atoms with Crippen molar-refractivity contribution in [2.75, 3.05) is 26.8 Å². The van der Waals surface area contributed by atoms with E-state index in [1.807, 2.05) is 99.6 Å². The van der Waals surface area contributed by atoms with E-state index in [4.69, 9.17) is 18.9 Å². The van der Waals surface area contributed by atoms with Gasteiger partial charge in [0.25, 0.3) is 0 Å². The van der Waals surface area contributed by atoms with Crippen molar-refractivity contribution in [1.82, 2.24) is 15.5 Å². The van der Waals surface area contributed by atoms with Crippen molar-refractivity contribution in [3.8, 4) is 11.5 Å². The summed E-state index contributed by atoms with van der Waals surface area (Å²) in [5, 5.41) is 5.71. The highest BCUT2D eigenvalue weighted by Crippen LogP contribution is 2.26. The summed E-state index contributed by atoms with van der Waals surface area (Å²) in [6.07, 6.45) is 2.82. The van der Waals surface area contributed by atoms with Crippen LogP contribution < -0.4 is 20.1 Å². The average Bonchev–Trinajstić information content (AvgIpc) is 3.08. The third kappa shape index (κ3) is 12.1. The van der Waals surface area contributed by atoms with E-state index in [0.717, 1.165) is 36.0 Å². The predicted molar refractivity (Wildman–Crippen MR) is 184 cm³/mol.